The minimum atomic E-state index is -0.129. The van der Waals surface area contributed by atoms with Gasteiger partial charge in [0.1, 0.15) is 0 Å². The van der Waals surface area contributed by atoms with E-state index in [4.69, 9.17) is 0 Å². The Kier molecular flexibility index (Phi) is 7.03. The molecule has 0 aliphatic heterocycles. The van der Waals surface area contributed by atoms with Crippen molar-refractivity contribution in [2.45, 2.75) is 41.6 Å². The predicted octanol–water partition coefficient (Wildman–Crippen LogP) is 2.90. The molecule has 1 aromatic rings. The average molecular weight is 305 g/mol. The molecule has 1 unspecified atom stereocenters. The molecule has 1 rings (SSSR count). The van der Waals surface area contributed by atoms with E-state index in [1.54, 1.807) is 23.1 Å². The van der Waals surface area contributed by atoms with Crippen LogP contribution in [0.4, 0.5) is 0 Å². The second kappa shape index (κ2) is 8.01. The molecule has 0 aromatic carbocycles. The molecule has 0 aliphatic carbocycles. The zero-order valence-corrected chi connectivity index (χ0v) is 13.5. The largest absolute Gasteiger partial charge is 0.355 e. The average Bonchev–Trinajstić information content (AvgIpc) is 2.73. The minimum absolute atomic E-state index is 0.0635. The van der Waals surface area contributed by atoms with Crippen molar-refractivity contribution in [2.75, 3.05) is 12.3 Å². The Morgan fingerprint density at radius 2 is 2.00 bits per heavy atom. The summed E-state index contributed by atoms with van der Waals surface area (Å²) in [6.45, 7) is 8.86. The van der Waals surface area contributed by atoms with E-state index in [9.17, 15) is 4.79 Å². The van der Waals surface area contributed by atoms with E-state index in [-0.39, 0.29) is 11.2 Å². The van der Waals surface area contributed by atoms with Gasteiger partial charge in [-0.2, -0.15) is 0 Å². The summed E-state index contributed by atoms with van der Waals surface area (Å²) in [4.78, 5) is 11.8. The number of nitrogens with zero attached hydrogens (tertiary/aromatic N) is 2. The SMILES string of the molecule is CCSc1nnc(SC(C)C(=O)NCC(C)C)s1. The van der Waals surface area contributed by atoms with Crippen molar-refractivity contribution >= 4 is 40.8 Å². The molecule has 0 saturated heterocycles. The maximum absolute atomic E-state index is 11.8. The van der Waals surface area contributed by atoms with E-state index < -0.39 is 0 Å². The van der Waals surface area contributed by atoms with Crippen LogP contribution < -0.4 is 5.32 Å². The van der Waals surface area contributed by atoms with Crippen LogP contribution >= 0.6 is 34.9 Å². The molecular weight excluding hydrogens is 286 g/mol. The third-order valence-corrected chi connectivity index (χ3v) is 5.11. The first-order valence-corrected chi connectivity index (χ1v) is 8.61. The normalized spacial score (nSPS) is 12.7. The first-order chi connectivity index (χ1) is 8.52. The molecule has 0 saturated carbocycles. The highest BCUT2D eigenvalue weighted by Gasteiger charge is 2.17. The van der Waals surface area contributed by atoms with E-state index in [0.717, 1.165) is 21.0 Å². The standard InChI is InChI=1S/C11H19N3OS3/c1-5-16-10-13-14-11(18-10)17-8(4)9(15)12-6-7(2)3/h7-8H,5-6H2,1-4H3,(H,12,15). The van der Waals surface area contributed by atoms with Gasteiger partial charge in [0.2, 0.25) is 5.91 Å². The quantitative estimate of drug-likeness (QED) is 0.785. The lowest BCUT2D eigenvalue weighted by atomic mass is 10.2. The molecule has 4 nitrogen and oxygen atoms in total. The van der Waals surface area contributed by atoms with Crippen LogP contribution in [0.2, 0.25) is 0 Å². The lowest BCUT2D eigenvalue weighted by Crippen LogP contribution is -2.33. The van der Waals surface area contributed by atoms with Crippen LogP contribution in [0, 0.1) is 5.92 Å². The third-order valence-electron chi connectivity index (χ3n) is 1.99. The molecule has 0 aliphatic rings. The maximum atomic E-state index is 11.8. The Hall–Kier alpha value is -0.270. The minimum Gasteiger partial charge on any atom is -0.355 e. The monoisotopic (exact) mass is 305 g/mol. The van der Waals surface area contributed by atoms with Gasteiger partial charge in [0.05, 0.1) is 5.25 Å². The van der Waals surface area contributed by atoms with Crippen LogP contribution in [0.25, 0.3) is 0 Å². The van der Waals surface area contributed by atoms with Crippen molar-refractivity contribution in [1.82, 2.24) is 15.5 Å². The van der Waals surface area contributed by atoms with Crippen LogP contribution in [0.5, 0.6) is 0 Å². The van der Waals surface area contributed by atoms with Gasteiger partial charge < -0.3 is 5.32 Å². The maximum Gasteiger partial charge on any atom is 0.233 e. The van der Waals surface area contributed by atoms with Gasteiger partial charge in [-0.1, -0.05) is 55.6 Å². The first kappa shape index (κ1) is 15.8. The predicted molar refractivity (Wildman–Crippen MR) is 79.5 cm³/mol. The molecule has 7 heteroatoms. The lowest BCUT2D eigenvalue weighted by molar-refractivity contribution is -0.120. The number of hydrogen-bond acceptors (Lipinski definition) is 6. The summed E-state index contributed by atoms with van der Waals surface area (Å²) in [5.74, 6) is 1.53. The number of hydrogen-bond donors (Lipinski definition) is 1. The number of amides is 1. The van der Waals surface area contributed by atoms with Crippen LogP contribution in [-0.2, 0) is 4.79 Å². The van der Waals surface area contributed by atoms with Crippen molar-refractivity contribution in [1.29, 1.82) is 0 Å². The molecule has 1 N–H and O–H groups in total. The number of thioether (sulfide) groups is 2. The Labute approximate surface area is 121 Å². The van der Waals surface area contributed by atoms with E-state index >= 15 is 0 Å². The number of carbonyl (C=O) groups excluding carboxylic acids is 1. The molecule has 18 heavy (non-hydrogen) atoms. The fourth-order valence-corrected chi connectivity index (χ4v) is 4.17. The molecule has 0 spiro atoms. The highest BCUT2D eigenvalue weighted by molar-refractivity contribution is 8.03. The van der Waals surface area contributed by atoms with Gasteiger partial charge in [0.25, 0.3) is 0 Å². The van der Waals surface area contributed by atoms with Crippen LogP contribution in [-0.4, -0.2) is 33.7 Å². The summed E-state index contributed by atoms with van der Waals surface area (Å²) in [5, 5.41) is 11.0. The number of nitrogens with one attached hydrogen (secondary N) is 1. The van der Waals surface area contributed by atoms with Crippen LogP contribution in [0.3, 0.4) is 0 Å². The summed E-state index contributed by atoms with van der Waals surface area (Å²) >= 11 is 4.70. The van der Waals surface area contributed by atoms with Gasteiger partial charge in [-0.3, -0.25) is 4.79 Å². The van der Waals surface area contributed by atoms with Gasteiger partial charge in [-0.15, -0.1) is 10.2 Å². The fourth-order valence-electron chi connectivity index (χ4n) is 1.08. The van der Waals surface area contributed by atoms with Crippen molar-refractivity contribution < 1.29 is 4.79 Å². The Bertz CT molecular complexity index is 381. The Morgan fingerprint density at radius 3 is 2.61 bits per heavy atom. The van der Waals surface area contributed by atoms with Gasteiger partial charge in [0.15, 0.2) is 8.68 Å². The van der Waals surface area contributed by atoms with E-state index in [2.05, 4.69) is 36.3 Å². The summed E-state index contributed by atoms with van der Waals surface area (Å²) in [6, 6.07) is 0. The molecule has 0 radical (unpaired) electrons. The van der Waals surface area contributed by atoms with Crippen molar-refractivity contribution in [3.05, 3.63) is 0 Å². The van der Waals surface area contributed by atoms with Gasteiger partial charge in [0, 0.05) is 6.54 Å². The third kappa shape index (κ3) is 5.58. The summed E-state index contributed by atoms with van der Waals surface area (Å²) in [7, 11) is 0. The summed E-state index contributed by atoms with van der Waals surface area (Å²) < 4.78 is 1.83. The molecule has 0 bridgehead atoms. The first-order valence-electron chi connectivity index (χ1n) is 5.93. The van der Waals surface area contributed by atoms with Gasteiger partial charge in [-0.25, -0.2) is 0 Å². The van der Waals surface area contributed by atoms with Crippen molar-refractivity contribution in [3.63, 3.8) is 0 Å². The van der Waals surface area contributed by atoms with E-state index in [0.29, 0.717) is 5.92 Å². The number of carbonyl (C=O) groups is 1. The topological polar surface area (TPSA) is 54.9 Å². The number of rotatable bonds is 7. The highest BCUT2D eigenvalue weighted by Crippen LogP contribution is 2.30. The molecule has 102 valence electrons. The highest BCUT2D eigenvalue weighted by atomic mass is 32.2. The Balaban J connectivity index is 2.42. The summed E-state index contributed by atoms with van der Waals surface area (Å²) in [5.41, 5.74) is 0. The molecular formula is C11H19N3OS3. The molecule has 1 amide bonds. The smallest absolute Gasteiger partial charge is 0.233 e. The van der Waals surface area contributed by atoms with Crippen molar-refractivity contribution in [2.24, 2.45) is 5.92 Å². The van der Waals surface area contributed by atoms with Gasteiger partial charge in [-0.05, 0) is 18.6 Å². The second-order valence-electron chi connectivity index (χ2n) is 4.17. The summed E-state index contributed by atoms with van der Waals surface area (Å²) in [6.07, 6.45) is 0. The van der Waals surface area contributed by atoms with E-state index in [1.807, 2.05) is 6.92 Å². The zero-order valence-electron chi connectivity index (χ0n) is 11.1. The lowest BCUT2D eigenvalue weighted by Gasteiger charge is -2.11. The second-order valence-corrected chi connectivity index (χ2v) is 8.24. The molecule has 1 atom stereocenters. The number of aromatic nitrogens is 2. The fraction of sp³-hybridized carbons (Fsp3) is 0.727. The van der Waals surface area contributed by atoms with Gasteiger partial charge >= 0.3 is 0 Å². The molecule has 0 fully saturated rings. The molecule has 1 aromatic heterocycles. The zero-order chi connectivity index (χ0) is 13.5. The van der Waals surface area contributed by atoms with Crippen LogP contribution in [0.15, 0.2) is 8.68 Å². The molecule has 1 heterocycles. The van der Waals surface area contributed by atoms with Crippen molar-refractivity contribution in [3.8, 4) is 0 Å². The van der Waals surface area contributed by atoms with E-state index in [1.165, 1.54) is 11.8 Å². The Morgan fingerprint density at radius 1 is 1.33 bits per heavy atom. The van der Waals surface area contributed by atoms with Crippen LogP contribution in [0.1, 0.15) is 27.7 Å².